The minimum Gasteiger partial charge on any atom is -0.375 e. The standard InChI is InChI=1S/C17H18FNO2S/c1-21-15(12-6-9-22-11-12)10-19-16(20)17(7-8-17)13-2-4-14(18)5-3-13/h2-6,9,11,15H,7-8,10H2,1H3,(H,19,20)/t15-/m0/s1. The van der Waals surface area contributed by atoms with Crippen molar-refractivity contribution >= 4 is 17.2 Å². The smallest absolute Gasteiger partial charge is 0.230 e. The van der Waals surface area contributed by atoms with E-state index < -0.39 is 5.41 Å². The molecule has 3 nitrogen and oxygen atoms in total. The molecule has 0 spiro atoms. The van der Waals surface area contributed by atoms with E-state index in [9.17, 15) is 9.18 Å². The van der Waals surface area contributed by atoms with Crippen molar-refractivity contribution < 1.29 is 13.9 Å². The van der Waals surface area contributed by atoms with Crippen LogP contribution in [0.25, 0.3) is 0 Å². The summed E-state index contributed by atoms with van der Waals surface area (Å²) in [6.45, 7) is 0.439. The topological polar surface area (TPSA) is 38.3 Å². The quantitative estimate of drug-likeness (QED) is 0.886. The number of carbonyl (C=O) groups is 1. The molecule has 0 aliphatic heterocycles. The molecule has 116 valence electrons. The van der Waals surface area contributed by atoms with E-state index in [-0.39, 0.29) is 17.8 Å². The van der Waals surface area contributed by atoms with E-state index in [1.807, 2.05) is 16.8 Å². The van der Waals surface area contributed by atoms with Gasteiger partial charge in [0.15, 0.2) is 0 Å². The Kier molecular flexibility index (Phi) is 4.27. The fourth-order valence-corrected chi connectivity index (χ4v) is 3.39. The SMILES string of the molecule is CO[C@@H](CNC(=O)C1(c2ccc(F)cc2)CC1)c1ccsc1. The molecule has 3 rings (SSSR count). The van der Waals surface area contributed by atoms with Gasteiger partial charge < -0.3 is 10.1 Å². The molecule has 1 saturated carbocycles. The van der Waals surface area contributed by atoms with E-state index in [2.05, 4.69) is 5.32 Å². The number of rotatable bonds is 6. The largest absolute Gasteiger partial charge is 0.375 e. The summed E-state index contributed by atoms with van der Waals surface area (Å²) in [5.74, 6) is -0.284. The van der Waals surface area contributed by atoms with Crippen LogP contribution in [0.5, 0.6) is 0 Å². The maximum absolute atomic E-state index is 13.0. The van der Waals surface area contributed by atoms with Crippen molar-refractivity contribution in [2.24, 2.45) is 0 Å². The van der Waals surface area contributed by atoms with Gasteiger partial charge in [-0.25, -0.2) is 4.39 Å². The number of halogens is 1. The maximum Gasteiger partial charge on any atom is 0.230 e. The summed E-state index contributed by atoms with van der Waals surface area (Å²) in [4.78, 5) is 12.5. The van der Waals surface area contributed by atoms with E-state index in [1.165, 1.54) is 12.1 Å². The third-order valence-electron chi connectivity index (χ3n) is 4.23. The van der Waals surface area contributed by atoms with E-state index in [1.54, 1.807) is 30.6 Å². The molecule has 0 bridgehead atoms. The molecule has 1 atom stereocenters. The lowest BCUT2D eigenvalue weighted by atomic mass is 9.95. The average molecular weight is 319 g/mol. The number of hydrogen-bond acceptors (Lipinski definition) is 3. The van der Waals surface area contributed by atoms with Crippen LogP contribution in [0, 0.1) is 5.82 Å². The van der Waals surface area contributed by atoms with Crippen molar-refractivity contribution in [3.63, 3.8) is 0 Å². The second-order valence-electron chi connectivity index (χ2n) is 5.58. The van der Waals surface area contributed by atoms with Crippen LogP contribution in [0.4, 0.5) is 4.39 Å². The number of benzene rings is 1. The lowest BCUT2D eigenvalue weighted by molar-refractivity contribution is -0.124. The number of carbonyl (C=O) groups excluding carboxylic acids is 1. The van der Waals surface area contributed by atoms with E-state index in [0.717, 1.165) is 24.0 Å². The van der Waals surface area contributed by atoms with Gasteiger partial charge in [-0.3, -0.25) is 4.79 Å². The molecule has 0 saturated heterocycles. The molecular formula is C17H18FNO2S. The fourth-order valence-electron chi connectivity index (χ4n) is 2.69. The lowest BCUT2D eigenvalue weighted by Gasteiger charge is -2.19. The summed E-state index contributed by atoms with van der Waals surface area (Å²) in [5, 5.41) is 7.00. The summed E-state index contributed by atoms with van der Waals surface area (Å²) in [7, 11) is 1.64. The van der Waals surface area contributed by atoms with Gasteiger partial charge in [0.05, 0.1) is 5.41 Å². The second-order valence-corrected chi connectivity index (χ2v) is 6.36. The van der Waals surface area contributed by atoms with Crippen LogP contribution in [0.1, 0.15) is 30.1 Å². The van der Waals surface area contributed by atoms with Gasteiger partial charge in [-0.05, 0) is 52.9 Å². The van der Waals surface area contributed by atoms with Gasteiger partial charge in [-0.1, -0.05) is 12.1 Å². The zero-order chi connectivity index (χ0) is 15.6. The molecule has 0 radical (unpaired) electrons. The van der Waals surface area contributed by atoms with E-state index >= 15 is 0 Å². The van der Waals surface area contributed by atoms with Crippen LogP contribution >= 0.6 is 11.3 Å². The molecule has 1 aromatic carbocycles. The first-order valence-corrected chi connectivity index (χ1v) is 8.19. The van der Waals surface area contributed by atoms with Gasteiger partial charge in [0.1, 0.15) is 11.9 Å². The summed E-state index contributed by atoms with van der Waals surface area (Å²) in [6, 6.07) is 8.22. The monoisotopic (exact) mass is 319 g/mol. The first-order chi connectivity index (χ1) is 10.7. The molecule has 1 heterocycles. The van der Waals surface area contributed by atoms with Gasteiger partial charge in [-0.2, -0.15) is 11.3 Å². The Morgan fingerprint density at radius 1 is 1.36 bits per heavy atom. The van der Waals surface area contributed by atoms with Crippen LogP contribution in [0.3, 0.4) is 0 Å². The molecule has 1 aliphatic rings. The number of amides is 1. The Morgan fingerprint density at radius 3 is 2.64 bits per heavy atom. The Morgan fingerprint density at radius 2 is 2.09 bits per heavy atom. The molecule has 0 unspecified atom stereocenters. The third-order valence-corrected chi connectivity index (χ3v) is 4.93. The van der Waals surface area contributed by atoms with Crippen molar-refractivity contribution in [1.82, 2.24) is 5.32 Å². The third kappa shape index (κ3) is 2.91. The Hall–Kier alpha value is -1.72. The van der Waals surface area contributed by atoms with Crippen molar-refractivity contribution in [1.29, 1.82) is 0 Å². The minimum absolute atomic E-state index is 0.00334. The summed E-state index contributed by atoms with van der Waals surface area (Å²) in [6.07, 6.45) is 1.47. The predicted molar refractivity (Wildman–Crippen MR) is 84.4 cm³/mol. The number of ether oxygens (including phenoxy) is 1. The highest BCUT2D eigenvalue weighted by Crippen LogP contribution is 2.48. The average Bonchev–Trinajstić information content (AvgIpc) is 3.17. The van der Waals surface area contributed by atoms with Crippen LogP contribution in [0.15, 0.2) is 41.1 Å². The van der Waals surface area contributed by atoms with E-state index in [0.29, 0.717) is 6.54 Å². The molecule has 1 aromatic heterocycles. The van der Waals surface area contributed by atoms with Gasteiger partial charge >= 0.3 is 0 Å². The first-order valence-electron chi connectivity index (χ1n) is 7.25. The predicted octanol–water partition coefficient (Wildman–Crippen LogP) is 3.42. The zero-order valence-electron chi connectivity index (χ0n) is 12.3. The zero-order valence-corrected chi connectivity index (χ0v) is 13.2. The Balaban J connectivity index is 1.65. The Bertz CT molecular complexity index is 635. The van der Waals surface area contributed by atoms with E-state index in [4.69, 9.17) is 4.74 Å². The van der Waals surface area contributed by atoms with Crippen molar-refractivity contribution in [2.75, 3.05) is 13.7 Å². The summed E-state index contributed by atoms with van der Waals surface area (Å²) in [5.41, 5.74) is 1.47. The highest BCUT2D eigenvalue weighted by Gasteiger charge is 2.51. The summed E-state index contributed by atoms with van der Waals surface area (Å²) < 4.78 is 18.5. The highest BCUT2D eigenvalue weighted by molar-refractivity contribution is 7.07. The normalized spacial score (nSPS) is 17.0. The van der Waals surface area contributed by atoms with Crippen molar-refractivity contribution in [2.45, 2.75) is 24.4 Å². The lowest BCUT2D eigenvalue weighted by Crippen LogP contribution is -2.37. The number of thiophene rings is 1. The molecule has 1 aliphatic carbocycles. The minimum atomic E-state index is -0.485. The maximum atomic E-state index is 13.0. The number of nitrogens with one attached hydrogen (secondary N) is 1. The first kappa shape index (κ1) is 15.2. The number of hydrogen-bond donors (Lipinski definition) is 1. The van der Waals surface area contributed by atoms with Gasteiger partial charge in [-0.15, -0.1) is 0 Å². The van der Waals surface area contributed by atoms with Crippen LogP contribution in [-0.2, 0) is 14.9 Å². The number of methoxy groups -OCH3 is 1. The molecule has 1 fully saturated rings. The van der Waals surface area contributed by atoms with Crippen LogP contribution in [-0.4, -0.2) is 19.6 Å². The molecule has 2 aromatic rings. The molecule has 22 heavy (non-hydrogen) atoms. The molecular weight excluding hydrogens is 301 g/mol. The Labute approximate surface area is 133 Å². The summed E-state index contributed by atoms with van der Waals surface area (Å²) >= 11 is 1.61. The van der Waals surface area contributed by atoms with Crippen molar-refractivity contribution in [3.8, 4) is 0 Å². The fraction of sp³-hybridized carbons (Fsp3) is 0.353. The van der Waals surface area contributed by atoms with Gasteiger partial charge in [0.2, 0.25) is 5.91 Å². The molecule has 1 amide bonds. The highest BCUT2D eigenvalue weighted by atomic mass is 32.1. The van der Waals surface area contributed by atoms with Crippen molar-refractivity contribution in [3.05, 3.63) is 58.0 Å². The second kappa shape index (κ2) is 6.18. The molecule has 1 N–H and O–H groups in total. The van der Waals surface area contributed by atoms with Crippen LogP contribution in [0.2, 0.25) is 0 Å². The molecule has 5 heteroatoms. The van der Waals surface area contributed by atoms with Gasteiger partial charge in [0.25, 0.3) is 0 Å². The van der Waals surface area contributed by atoms with Crippen LogP contribution < -0.4 is 5.32 Å². The van der Waals surface area contributed by atoms with Gasteiger partial charge in [0, 0.05) is 13.7 Å².